The maximum absolute atomic E-state index is 15.7. The molecule has 0 aromatic carbocycles. The van der Waals surface area contributed by atoms with Crippen molar-refractivity contribution in [3.63, 3.8) is 0 Å². The fourth-order valence-electron chi connectivity index (χ4n) is 14.1. The Hall–Kier alpha value is -2.84. The zero-order valence-corrected chi connectivity index (χ0v) is 64.0. The van der Waals surface area contributed by atoms with E-state index in [1.807, 2.05) is 6.92 Å². The summed E-state index contributed by atoms with van der Waals surface area (Å²) in [4.78, 5) is 33.6. The number of thiophene rings is 2. The van der Waals surface area contributed by atoms with Crippen LogP contribution in [-0.2, 0) is 13.1 Å². The Morgan fingerprint density at radius 3 is 1.04 bits per heavy atom. The summed E-state index contributed by atoms with van der Waals surface area (Å²) < 4.78 is 38.9. The molecule has 2 atom stereocenters. The molecule has 6 aromatic rings. The molecule has 0 spiro atoms. The molecule has 0 aliphatic heterocycles. The number of aryl methyl sites for hydroxylation is 4. The van der Waals surface area contributed by atoms with Gasteiger partial charge in [0.15, 0.2) is 0 Å². The first-order valence-electron chi connectivity index (χ1n) is 38.3. The van der Waals surface area contributed by atoms with Crippen molar-refractivity contribution in [1.82, 2.24) is 9.13 Å². The molecule has 0 fully saturated rings. The van der Waals surface area contributed by atoms with Crippen LogP contribution in [0, 0.1) is 37.3 Å². The summed E-state index contributed by atoms with van der Waals surface area (Å²) in [5.74, 6) is 0.844. The van der Waals surface area contributed by atoms with E-state index in [1.165, 1.54) is 303 Å². The summed E-state index contributed by atoms with van der Waals surface area (Å²) in [7, 11) is 0. The second kappa shape index (κ2) is 47.2. The fraction of sp³-hybridized carbons (Fsp3) is 0.683. The van der Waals surface area contributed by atoms with Crippen LogP contribution < -0.4 is 11.1 Å². The molecule has 0 aliphatic carbocycles. The van der Waals surface area contributed by atoms with Gasteiger partial charge in [-0.3, -0.25) is 0 Å². The van der Waals surface area contributed by atoms with Crippen LogP contribution in [0.3, 0.4) is 0 Å². The molecule has 0 bridgehead atoms. The van der Waals surface area contributed by atoms with Crippen molar-refractivity contribution in [1.29, 1.82) is 0 Å². The van der Waals surface area contributed by atoms with Crippen LogP contribution in [0.2, 0.25) is 0 Å². The number of pyridine rings is 2. The summed E-state index contributed by atoms with van der Waals surface area (Å²) >= 11 is 2.53. The van der Waals surface area contributed by atoms with Crippen LogP contribution in [0.15, 0.2) is 58.1 Å². The van der Waals surface area contributed by atoms with Gasteiger partial charge in [0.2, 0.25) is 0 Å². The third-order valence-corrected chi connectivity index (χ3v) is 26.7. The number of nitrogens with zero attached hydrogens (tertiary/aromatic N) is 2. The molecule has 0 radical (unpaired) electrons. The first-order chi connectivity index (χ1) is 45.0. The monoisotopic (exact) mass is 1430 g/mol. The number of aromatic nitrogens is 2. The van der Waals surface area contributed by atoms with E-state index in [0.29, 0.717) is 28.4 Å². The molecular weight excluding hydrogens is 1300 g/mol. The van der Waals surface area contributed by atoms with Crippen LogP contribution in [0.25, 0.3) is 52.5 Å². The molecule has 0 N–H and O–H groups in total. The van der Waals surface area contributed by atoms with Crippen LogP contribution in [0.4, 0.5) is 8.78 Å². The van der Waals surface area contributed by atoms with Gasteiger partial charge < -0.3 is 0 Å². The van der Waals surface area contributed by atoms with Crippen LogP contribution in [-0.4, -0.2) is 38.1 Å². The number of fused-ring (bicyclic) bond motifs is 1. The van der Waals surface area contributed by atoms with Gasteiger partial charge in [0, 0.05) is 0 Å². The summed E-state index contributed by atoms with van der Waals surface area (Å²) in [5.41, 5.74) is 3.27. The number of unbranched alkanes of at least 4 members (excludes halogenated alkanes) is 34. The third-order valence-electron chi connectivity index (χ3n) is 19.8. The van der Waals surface area contributed by atoms with Crippen LogP contribution in [0.5, 0.6) is 0 Å². The predicted octanol–water partition coefficient (Wildman–Crippen LogP) is 26.7. The molecular formula is C82H126F2N2O2S2Se2. The summed E-state index contributed by atoms with van der Waals surface area (Å²) in [6.45, 7) is 14.5. The SMILES string of the molecule is CCCCCCCCCCCCC(CCCCCCCCCC)CCCCn1c(=O)c(-c2ccc(C)[se]2)cc2c1cc(-c1ccc(-c3cc(F)c(/C=C/c4sc(C)cc4F)s3)[se]1)c(=O)n2CCCCC(CCCCCCCCCC)CCCCCCCCCCCC. The van der Waals surface area contributed by atoms with Crippen molar-refractivity contribution in [3.8, 4) is 29.3 Å². The Morgan fingerprint density at radius 2 is 0.696 bits per heavy atom. The second-order valence-electron chi connectivity index (χ2n) is 27.8. The zero-order chi connectivity index (χ0) is 65.4. The Labute approximate surface area is 579 Å². The molecule has 0 amide bonds. The van der Waals surface area contributed by atoms with Gasteiger partial charge in [0.25, 0.3) is 0 Å². The van der Waals surface area contributed by atoms with Crippen molar-refractivity contribution in [2.24, 2.45) is 11.8 Å². The minimum absolute atomic E-state index is 0.0162. The Balaban J connectivity index is 1.26. The van der Waals surface area contributed by atoms with E-state index in [-0.39, 0.29) is 51.8 Å². The first kappa shape index (κ1) is 78.2. The van der Waals surface area contributed by atoms with E-state index in [0.717, 1.165) is 77.2 Å². The molecule has 6 rings (SSSR count). The van der Waals surface area contributed by atoms with Crippen molar-refractivity contribution >= 4 is 74.9 Å². The normalized spacial score (nSPS) is 12.7. The zero-order valence-electron chi connectivity index (χ0n) is 59.0. The van der Waals surface area contributed by atoms with E-state index in [4.69, 9.17) is 0 Å². The van der Waals surface area contributed by atoms with Crippen molar-refractivity contribution in [3.05, 3.63) is 99.9 Å². The molecule has 2 unspecified atom stereocenters. The number of halogens is 2. The van der Waals surface area contributed by atoms with Gasteiger partial charge >= 0.3 is 376 Å². The smallest absolute Gasteiger partial charge is 0.0654 e. The van der Waals surface area contributed by atoms with E-state index < -0.39 is 0 Å². The molecule has 10 heteroatoms. The summed E-state index contributed by atoms with van der Waals surface area (Å²) in [5, 5.41) is 0. The quantitative estimate of drug-likeness (QED) is 0.0282. The molecule has 6 aromatic heterocycles. The third kappa shape index (κ3) is 28.7. The predicted molar refractivity (Wildman–Crippen MR) is 405 cm³/mol. The number of hydrogen-bond acceptors (Lipinski definition) is 4. The minimum Gasteiger partial charge on any atom is -0.0654 e. The van der Waals surface area contributed by atoms with Crippen LogP contribution in [0.1, 0.15) is 342 Å². The van der Waals surface area contributed by atoms with Crippen molar-refractivity contribution in [2.75, 3.05) is 0 Å². The molecule has 514 valence electrons. The molecule has 0 saturated carbocycles. The molecule has 0 saturated heterocycles. The van der Waals surface area contributed by atoms with Gasteiger partial charge in [-0.25, -0.2) is 0 Å². The molecule has 0 aliphatic rings. The second-order valence-corrected chi connectivity index (χ2v) is 35.1. The fourth-order valence-corrected chi connectivity index (χ4v) is 20.0. The van der Waals surface area contributed by atoms with E-state index >= 15 is 14.0 Å². The average molecular weight is 1430 g/mol. The Kier molecular flexibility index (Phi) is 40.1. The Morgan fingerprint density at radius 1 is 0.380 bits per heavy atom. The Bertz CT molecular complexity index is 3060. The summed E-state index contributed by atoms with van der Waals surface area (Å²) in [6, 6.07) is 15.8. The standard InChI is InChI=1S/C82H126F2N2O2S2Se2/c1-7-11-15-19-23-27-29-33-37-41-49-67(47-39-35-31-25-21-17-13-9-3)51-43-45-59-85-74-63-70(79-57-58-80(92-79)77-64-72(84)76(90-77)55-54-75-71(83)61-65(5)89-75)82(88)86(73(74)62-69(81(85)87)78-56-53-66(6)91-78)60-46-44-52-68(48-40-36-32-26-22-18-14-10-4)50-42-38-34-30-28-24-20-16-12-8-2/h53-58,61-64,67-68H,7-52,59-60H2,1-6H3/b55-54+. The average Bonchev–Trinajstić information content (AvgIpc) is 0.941. The van der Waals surface area contributed by atoms with E-state index in [9.17, 15) is 4.39 Å². The van der Waals surface area contributed by atoms with E-state index in [1.54, 1.807) is 18.2 Å². The number of hydrogen-bond donors (Lipinski definition) is 0. The molecule has 4 nitrogen and oxygen atoms in total. The van der Waals surface area contributed by atoms with E-state index in [2.05, 4.69) is 80.2 Å². The van der Waals surface area contributed by atoms with Gasteiger partial charge in [-0.2, -0.15) is 0 Å². The van der Waals surface area contributed by atoms with Crippen LogP contribution >= 0.6 is 22.7 Å². The van der Waals surface area contributed by atoms with Gasteiger partial charge in [0.05, 0.1) is 0 Å². The topological polar surface area (TPSA) is 44.0 Å². The molecule has 6 heterocycles. The molecule has 92 heavy (non-hydrogen) atoms. The maximum atomic E-state index is 15.7. The minimum atomic E-state index is -0.320. The first-order valence-corrected chi connectivity index (χ1v) is 43.3. The van der Waals surface area contributed by atoms with Gasteiger partial charge in [-0.1, -0.05) is 207 Å². The van der Waals surface area contributed by atoms with Crippen molar-refractivity contribution < 1.29 is 8.78 Å². The van der Waals surface area contributed by atoms with Gasteiger partial charge in [-0.15, -0.1) is 0 Å². The summed E-state index contributed by atoms with van der Waals surface area (Å²) in [6.07, 6.45) is 64.1. The van der Waals surface area contributed by atoms with Gasteiger partial charge in [-0.05, 0) is 0 Å². The number of rotatable bonds is 55. The van der Waals surface area contributed by atoms with Gasteiger partial charge in [0.1, 0.15) is 0 Å². The van der Waals surface area contributed by atoms with Crippen molar-refractivity contribution in [2.45, 2.75) is 350 Å².